The van der Waals surface area contributed by atoms with Gasteiger partial charge in [0.05, 0.1) is 12.7 Å². The number of carbonyl (C=O) groups excluding carboxylic acids is 1. The van der Waals surface area contributed by atoms with Gasteiger partial charge < -0.3 is 15.8 Å². The van der Waals surface area contributed by atoms with Gasteiger partial charge in [0.1, 0.15) is 11.6 Å². The van der Waals surface area contributed by atoms with E-state index in [-0.39, 0.29) is 5.56 Å². The van der Waals surface area contributed by atoms with Crippen LogP contribution in [-0.4, -0.2) is 13.0 Å². The van der Waals surface area contributed by atoms with Crippen LogP contribution in [0.15, 0.2) is 30.3 Å². The molecule has 0 aliphatic rings. The second-order valence-electron chi connectivity index (χ2n) is 4.84. The van der Waals surface area contributed by atoms with Crippen molar-refractivity contribution in [3.8, 4) is 5.75 Å². The third-order valence-electron chi connectivity index (χ3n) is 3.17. The van der Waals surface area contributed by atoms with Crippen LogP contribution in [0.25, 0.3) is 0 Å². The van der Waals surface area contributed by atoms with Crippen LogP contribution in [-0.2, 0) is 0 Å². The number of amides is 1. The Morgan fingerprint density at radius 3 is 2.52 bits per heavy atom. The number of nitrogens with one attached hydrogen (secondary N) is 1. The van der Waals surface area contributed by atoms with Crippen molar-refractivity contribution in [3.63, 3.8) is 0 Å². The number of anilines is 2. The zero-order valence-electron chi connectivity index (χ0n) is 12.2. The Kier molecular flexibility index (Phi) is 4.12. The molecule has 0 heterocycles. The van der Waals surface area contributed by atoms with E-state index in [0.29, 0.717) is 16.9 Å². The monoisotopic (exact) mass is 288 g/mol. The first-order chi connectivity index (χ1) is 9.92. The van der Waals surface area contributed by atoms with Crippen LogP contribution < -0.4 is 15.8 Å². The van der Waals surface area contributed by atoms with Gasteiger partial charge in [-0.25, -0.2) is 4.39 Å². The quantitative estimate of drug-likeness (QED) is 0.852. The third-order valence-corrected chi connectivity index (χ3v) is 3.17. The summed E-state index contributed by atoms with van der Waals surface area (Å²) in [4.78, 5) is 12.2. The third kappa shape index (κ3) is 3.13. The minimum Gasteiger partial charge on any atom is -0.496 e. The van der Waals surface area contributed by atoms with E-state index in [1.807, 2.05) is 6.92 Å². The Balaban J connectivity index is 2.28. The summed E-state index contributed by atoms with van der Waals surface area (Å²) in [6, 6.07) is 8.01. The largest absolute Gasteiger partial charge is 0.496 e. The number of hydrogen-bond donors (Lipinski definition) is 2. The lowest BCUT2D eigenvalue weighted by Crippen LogP contribution is -2.15. The van der Waals surface area contributed by atoms with Gasteiger partial charge in [0.2, 0.25) is 0 Å². The molecule has 0 radical (unpaired) electrons. The van der Waals surface area contributed by atoms with Crippen molar-refractivity contribution in [1.82, 2.24) is 0 Å². The number of methoxy groups -OCH3 is 1. The summed E-state index contributed by atoms with van der Waals surface area (Å²) < 4.78 is 19.1. The van der Waals surface area contributed by atoms with Crippen molar-refractivity contribution >= 4 is 17.3 Å². The maximum Gasteiger partial charge on any atom is 0.258 e. The van der Waals surface area contributed by atoms with Gasteiger partial charge in [0.15, 0.2) is 0 Å². The van der Waals surface area contributed by atoms with Crippen LogP contribution in [0.3, 0.4) is 0 Å². The van der Waals surface area contributed by atoms with Gasteiger partial charge in [0.25, 0.3) is 5.91 Å². The molecular weight excluding hydrogens is 271 g/mol. The molecule has 0 atom stereocenters. The van der Waals surface area contributed by atoms with E-state index in [1.54, 1.807) is 32.2 Å². The van der Waals surface area contributed by atoms with Crippen LogP contribution in [0.2, 0.25) is 0 Å². The number of hydrogen-bond acceptors (Lipinski definition) is 3. The van der Waals surface area contributed by atoms with Gasteiger partial charge in [0, 0.05) is 11.4 Å². The van der Waals surface area contributed by atoms with Crippen LogP contribution in [0.4, 0.5) is 15.8 Å². The standard InChI is InChI=1S/C16H17FN2O2/c1-9-7-12(4-5-14(9)21-3)19-16(20)13-8-11(18)6-10(2)15(13)17/h4-8H,18H2,1-3H3,(H,19,20). The van der Waals surface area contributed by atoms with Crippen LogP contribution in [0.1, 0.15) is 21.5 Å². The summed E-state index contributed by atoms with van der Waals surface area (Å²) >= 11 is 0. The maximum atomic E-state index is 14.0. The molecule has 0 saturated carbocycles. The van der Waals surface area contributed by atoms with Crippen molar-refractivity contribution in [3.05, 3.63) is 52.8 Å². The molecule has 0 aromatic heterocycles. The topological polar surface area (TPSA) is 64.3 Å². The first-order valence-corrected chi connectivity index (χ1v) is 6.44. The molecule has 110 valence electrons. The van der Waals surface area contributed by atoms with Crippen molar-refractivity contribution in [2.24, 2.45) is 0 Å². The molecule has 5 heteroatoms. The predicted molar refractivity (Wildman–Crippen MR) is 81.2 cm³/mol. The Hall–Kier alpha value is -2.56. The number of aryl methyl sites for hydroxylation is 2. The van der Waals surface area contributed by atoms with Crippen molar-refractivity contribution in [1.29, 1.82) is 0 Å². The zero-order chi connectivity index (χ0) is 15.6. The lowest BCUT2D eigenvalue weighted by atomic mass is 10.1. The average Bonchev–Trinajstić information content (AvgIpc) is 2.43. The molecule has 0 aliphatic heterocycles. The van der Waals surface area contributed by atoms with Crippen molar-refractivity contribution < 1.29 is 13.9 Å². The van der Waals surface area contributed by atoms with Gasteiger partial charge in [-0.1, -0.05) is 0 Å². The van der Waals surface area contributed by atoms with E-state index in [0.717, 1.165) is 11.3 Å². The van der Waals surface area contributed by atoms with Crippen molar-refractivity contribution in [2.75, 3.05) is 18.2 Å². The summed E-state index contributed by atoms with van der Waals surface area (Å²) in [6.45, 7) is 3.43. The first kappa shape index (κ1) is 14.8. The molecule has 2 aromatic carbocycles. The van der Waals surface area contributed by atoms with Gasteiger partial charge in [-0.3, -0.25) is 4.79 Å². The molecule has 2 aromatic rings. The molecule has 0 spiro atoms. The summed E-state index contributed by atoms with van der Waals surface area (Å²) in [6.07, 6.45) is 0. The number of rotatable bonds is 3. The summed E-state index contributed by atoms with van der Waals surface area (Å²) in [5.74, 6) is -0.377. The summed E-state index contributed by atoms with van der Waals surface area (Å²) in [7, 11) is 1.57. The lowest BCUT2D eigenvalue weighted by Gasteiger charge is -2.11. The highest BCUT2D eigenvalue weighted by molar-refractivity contribution is 6.05. The van der Waals surface area contributed by atoms with Crippen molar-refractivity contribution in [2.45, 2.75) is 13.8 Å². The number of ether oxygens (including phenoxy) is 1. The Morgan fingerprint density at radius 2 is 1.90 bits per heavy atom. The number of benzene rings is 2. The molecule has 0 bridgehead atoms. The SMILES string of the molecule is COc1ccc(NC(=O)c2cc(N)cc(C)c2F)cc1C. The average molecular weight is 288 g/mol. The predicted octanol–water partition coefficient (Wildman–Crippen LogP) is 3.29. The molecule has 0 fully saturated rings. The molecule has 0 unspecified atom stereocenters. The highest BCUT2D eigenvalue weighted by Gasteiger charge is 2.15. The molecular formula is C16H17FN2O2. The van der Waals surface area contributed by atoms with Gasteiger partial charge in [-0.2, -0.15) is 0 Å². The van der Waals surface area contributed by atoms with E-state index in [9.17, 15) is 9.18 Å². The van der Waals surface area contributed by atoms with E-state index < -0.39 is 11.7 Å². The van der Waals surface area contributed by atoms with E-state index in [2.05, 4.69) is 5.32 Å². The minimum absolute atomic E-state index is 0.0685. The molecule has 21 heavy (non-hydrogen) atoms. The van der Waals surface area contributed by atoms with Gasteiger partial charge in [-0.15, -0.1) is 0 Å². The second kappa shape index (κ2) is 5.83. The summed E-state index contributed by atoms with van der Waals surface area (Å²) in [5.41, 5.74) is 7.72. The summed E-state index contributed by atoms with van der Waals surface area (Å²) in [5, 5.41) is 2.66. The molecule has 0 aliphatic carbocycles. The maximum absolute atomic E-state index is 14.0. The lowest BCUT2D eigenvalue weighted by molar-refractivity contribution is 0.102. The molecule has 1 amide bonds. The molecule has 3 N–H and O–H groups in total. The van der Waals surface area contributed by atoms with Crippen LogP contribution in [0.5, 0.6) is 5.75 Å². The Morgan fingerprint density at radius 1 is 1.19 bits per heavy atom. The highest BCUT2D eigenvalue weighted by atomic mass is 19.1. The normalized spacial score (nSPS) is 10.3. The van der Waals surface area contributed by atoms with E-state index in [1.165, 1.54) is 12.1 Å². The fourth-order valence-corrected chi connectivity index (χ4v) is 2.12. The molecule has 0 saturated heterocycles. The van der Waals surface area contributed by atoms with E-state index >= 15 is 0 Å². The van der Waals surface area contributed by atoms with E-state index in [4.69, 9.17) is 10.5 Å². The highest BCUT2D eigenvalue weighted by Crippen LogP contribution is 2.23. The fraction of sp³-hybridized carbons (Fsp3) is 0.188. The second-order valence-corrected chi connectivity index (χ2v) is 4.84. The van der Waals surface area contributed by atoms with Gasteiger partial charge in [-0.05, 0) is 55.3 Å². The van der Waals surface area contributed by atoms with Crippen LogP contribution >= 0.6 is 0 Å². The Bertz CT molecular complexity index is 699. The molecule has 2 rings (SSSR count). The fourth-order valence-electron chi connectivity index (χ4n) is 2.12. The number of carbonyl (C=O) groups is 1. The zero-order valence-corrected chi connectivity index (χ0v) is 12.2. The smallest absolute Gasteiger partial charge is 0.258 e. The number of nitrogens with two attached hydrogens (primary N) is 1. The number of nitrogen functional groups attached to an aromatic ring is 1. The van der Waals surface area contributed by atoms with Gasteiger partial charge >= 0.3 is 0 Å². The minimum atomic E-state index is -0.563. The van der Waals surface area contributed by atoms with Crippen LogP contribution in [0, 0.1) is 19.7 Å². The first-order valence-electron chi connectivity index (χ1n) is 6.44. The Labute approximate surface area is 122 Å². The molecule has 4 nitrogen and oxygen atoms in total. The number of halogens is 1.